The molecule has 100 valence electrons. The van der Waals surface area contributed by atoms with Gasteiger partial charge in [0.15, 0.2) is 11.9 Å². The first-order chi connectivity index (χ1) is 8.93. The lowest BCUT2D eigenvalue weighted by atomic mass is 10.1. The maximum Gasteiger partial charge on any atom is 0.327 e. The fourth-order valence-corrected chi connectivity index (χ4v) is 2.70. The van der Waals surface area contributed by atoms with Crippen LogP contribution in [0.15, 0.2) is 17.1 Å². The van der Waals surface area contributed by atoms with Crippen molar-refractivity contribution >= 4 is 17.6 Å². The quantitative estimate of drug-likeness (QED) is 0.735. The number of hydrogen-bond acceptors (Lipinski definition) is 4. The number of aliphatic imine (C=N–C) groups is 1. The maximum absolute atomic E-state index is 12.2. The molecule has 3 heterocycles. The van der Waals surface area contributed by atoms with E-state index in [1.54, 1.807) is 24.6 Å². The first-order valence-electron chi connectivity index (χ1n) is 5.93. The number of urea groups is 1. The molecule has 0 radical (unpaired) electrons. The van der Waals surface area contributed by atoms with Gasteiger partial charge in [0.05, 0.1) is 11.4 Å². The molecule has 0 saturated carbocycles. The first kappa shape index (κ1) is 11.8. The van der Waals surface area contributed by atoms with E-state index < -0.39 is 18.2 Å². The summed E-state index contributed by atoms with van der Waals surface area (Å²) >= 11 is 0. The van der Waals surface area contributed by atoms with Crippen molar-refractivity contribution in [2.24, 2.45) is 4.99 Å². The lowest BCUT2D eigenvalue weighted by Crippen LogP contribution is -2.60. The zero-order valence-electron chi connectivity index (χ0n) is 10.9. The van der Waals surface area contributed by atoms with Crippen LogP contribution in [0.3, 0.4) is 0 Å². The molecule has 19 heavy (non-hydrogen) atoms. The van der Waals surface area contributed by atoms with Gasteiger partial charge in [-0.1, -0.05) is 0 Å². The van der Waals surface area contributed by atoms with Gasteiger partial charge < -0.3 is 10.0 Å². The van der Waals surface area contributed by atoms with E-state index >= 15 is 0 Å². The van der Waals surface area contributed by atoms with Crippen LogP contribution >= 0.6 is 0 Å². The van der Waals surface area contributed by atoms with E-state index in [0.29, 0.717) is 5.71 Å². The number of rotatable bonds is 0. The van der Waals surface area contributed by atoms with E-state index in [1.807, 2.05) is 0 Å². The summed E-state index contributed by atoms with van der Waals surface area (Å²) in [7, 11) is 3.04. The number of fused-ring (bicyclic) bond motifs is 3. The predicted molar refractivity (Wildman–Crippen MR) is 67.1 cm³/mol. The molecule has 0 aromatic carbocycles. The Hall–Kier alpha value is -2.31. The van der Waals surface area contributed by atoms with Crippen molar-refractivity contribution in [1.82, 2.24) is 14.4 Å². The molecule has 1 saturated heterocycles. The second kappa shape index (κ2) is 3.59. The summed E-state index contributed by atoms with van der Waals surface area (Å²) in [5.41, 5.74) is 1.39. The Kier molecular flexibility index (Phi) is 2.23. The number of carbonyl (C=O) groups is 2. The van der Waals surface area contributed by atoms with E-state index in [9.17, 15) is 14.7 Å². The normalized spacial score (nSPS) is 26.2. The van der Waals surface area contributed by atoms with Gasteiger partial charge >= 0.3 is 6.03 Å². The van der Waals surface area contributed by atoms with Gasteiger partial charge in [-0.2, -0.15) is 0 Å². The number of aromatic hydroxyl groups is 1. The van der Waals surface area contributed by atoms with Crippen molar-refractivity contribution in [2.75, 3.05) is 14.1 Å². The summed E-state index contributed by atoms with van der Waals surface area (Å²) in [6.45, 7) is 1.78. The zero-order chi connectivity index (χ0) is 13.9. The fraction of sp³-hybridized carbons (Fsp3) is 0.417. The number of amides is 3. The van der Waals surface area contributed by atoms with Crippen molar-refractivity contribution in [2.45, 2.75) is 19.1 Å². The monoisotopic (exact) mass is 262 g/mol. The standard InChI is InChI=1S/C12H14N4O3/c1-6-7-4-5-8(17)16(7)10-9(13-6)11(18)15(3)12(19)14(10)2/h4-5,9-10,17H,1-3H3. The fourth-order valence-electron chi connectivity index (χ4n) is 2.70. The number of likely N-dealkylation sites (N-methyl/N-ethyl adjacent to an activating group) is 2. The minimum Gasteiger partial charge on any atom is -0.494 e. The highest BCUT2D eigenvalue weighted by molar-refractivity contribution is 6.05. The third-order valence-electron chi connectivity index (χ3n) is 3.72. The Bertz CT molecular complexity index is 618. The number of nitrogens with zero attached hydrogens (tertiary/aromatic N) is 4. The highest BCUT2D eigenvalue weighted by Crippen LogP contribution is 2.35. The summed E-state index contributed by atoms with van der Waals surface area (Å²) in [6, 6.07) is 2.15. The van der Waals surface area contributed by atoms with Crippen LogP contribution in [-0.4, -0.2) is 57.3 Å². The van der Waals surface area contributed by atoms with Gasteiger partial charge in [-0.25, -0.2) is 4.79 Å². The van der Waals surface area contributed by atoms with Crippen LogP contribution in [0, 0.1) is 0 Å². The molecule has 2 unspecified atom stereocenters. The van der Waals surface area contributed by atoms with Gasteiger partial charge in [-0.15, -0.1) is 0 Å². The largest absolute Gasteiger partial charge is 0.494 e. The van der Waals surface area contributed by atoms with Crippen LogP contribution in [-0.2, 0) is 4.79 Å². The summed E-state index contributed by atoms with van der Waals surface area (Å²) in [5.74, 6) is -0.331. The molecule has 2 aliphatic heterocycles. The summed E-state index contributed by atoms with van der Waals surface area (Å²) in [6.07, 6.45) is -0.607. The van der Waals surface area contributed by atoms with Crippen LogP contribution in [0.1, 0.15) is 18.8 Å². The van der Waals surface area contributed by atoms with Crippen LogP contribution < -0.4 is 0 Å². The number of hydrogen-bond donors (Lipinski definition) is 1. The van der Waals surface area contributed by atoms with E-state index in [0.717, 1.165) is 10.6 Å². The van der Waals surface area contributed by atoms with Crippen molar-refractivity contribution in [1.29, 1.82) is 0 Å². The van der Waals surface area contributed by atoms with Crippen LogP contribution in [0.5, 0.6) is 5.88 Å². The molecular formula is C12H14N4O3. The highest BCUT2D eigenvalue weighted by atomic mass is 16.3. The van der Waals surface area contributed by atoms with Crippen molar-refractivity contribution in [3.63, 3.8) is 0 Å². The average molecular weight is 262 g/mol. The molecule has 0 aliphatic carbocycles. The van der Waals surface area contributed by atoms with E-state index in [1.165, 1.54) is 18.0 Å². The summed E-state index contributed by atoms with van der Waals surface area (Å²) in [5, 5.41) is 9.95. The van der Waals surface area contributed by atoms with Gasteiger partial charge in [-0.05, 0) is 13.0 Å². The van der Waals surface area contributed by atoms with Gasteiger partial charge in [0, 0.05) is 20.2 Å². The topological polar surface area (TPSA) is 78.1 Å². The number of aromatic nitrogens is 1. The third kappa shape index (κ3) is 1.35. The van der Waals surface area contributed by atoms with Crippen LogP contribution in [0.4, 0.5) is 4.79 Å². The smallest absolute Gasteiger partial charge is 0.327 e. The molecule has 1 aromatic rings. The molecule has 3 amide bonds. The Morgan fingerprint density at radius 2 is 1.95 bits per heavy atom. The molecule has 2 aliphatic rings. The molecule has 1 N–H and O–H groups in total. The van der Waals surface area contributed by atoms with Gasteiger partial charge in [0.2, 0.25) is 0 Å². The lowest BCUT2D eigenvalue weighted by molar-refractivity contribution is -0.134. The Labute approximate surface area is 109 Å². The molecule has 1 fully saturated rings. The molecule has 7 nitrogen and oxygen atoms in total. The van der Waals surface area contributed by atoms with Crippen LogP contribution in [0.2, 0.25) is 0 Å². The zero-order valence-corrected chi connectivity index (χ0v) is 10.9. The van der Waals surface area contributed by atoms with Gasteiger partial charge in [0.1, 0.15) is 6.17 Å². The second-order valence-electron chi connectivity index (χ2n) is 4.81. The molecule has 2 atom stereocenters. The van der Waals surface area contributed by atoms with Crippen molar-refractivity contribution in [3.05, 3.63) is 17.8 Å². The Morgan fingerprint density at radius 3 is 2.63 bits per heavy atom. The van der Waals surface area contributed by atoms with E-state index in [-0.39, 0.29) is 11.8 Å². The molecule has 3 rings (SSSR count). The minimum atomic E-state index is -0.710. The maximum atomic E-state index is 12.2. The van der Waals surface area contributed by atoms with Gasteiger partial charge in [-0.3, -0.25) is 19.3 Å². The average Bonchev–Trinajstić information content (AvgIpc) is 2.77. The van der Waals surface area contributed by atoms with Crippen molar-refractivity contribution < 1.29 is 14.7 Å². The Balaban J connectivity index is 2.21. The molecular weight excluding hydrogens is 248 g/mol. The second-order valence-corrected chi connectivity index (χ2v) is 4.81. The first-order valence-corrected chi connectivity index (χ1v) is 5.93. The molecule has 1 aromatic heterocycles. The number of carbonyl (C=O) groups excluding carboxylic acids is 2. The molecule has 0 spiro atoms. The number of imide groups is 1. The lowest BCUT2D eigenvalue weighted by Gasteiger charge is -2.43. The molecule has 7 heteroatoms. The summed E-state index contributed by atoms with van der Waals surface area (Å²) < 4.78 is 1.58. The molecule has 0 bridgehead atoms. The van der Waals surface area contributed by atoms with E-state index in [4.69, 9.17) is 0 Å². The van der Waals surface area contributed by atoms with Gasteiger partial charge in [0.25, 0.3) is 5.91 Å². The minimum absolute atomic E-state index is 0.0243. The third-order valence-corrected chi connectivity index (χ3v) is 3.72. The summed E-state index contributed by atoms with van der Waals surface area (Å²) in [4.78, 5) is 31.0. The predicted octanol–water partition coefficient (Wildman–Crippen LogP) is 0.407. The van der Waals surface area contributed by atoms with E-state index in [2.05, 4.69) is 4.99 Å². The Morgan fingerprint density at radius 1 is 1.26 bits per heavy atom. The highest BCUT2D eigenvalue weighted by Gasteiger charge is 2.47. The van der Waals surface area contributed by atoms with Crippen molar-refractivity contribution in [3.8, 4) is 5.88 Å². The van der Waals surface area contributed by atoms with Crippen LogP contribution in [0.25, 0.3) is 0 Å². The SMILES string of the molecule is CC1=NC2C(=O)N(C)C(=O)N(C)C2n2c(O)ccc21.